The molecule has 0 radical (unpaired) electrons. The molecule has 0 aliphatic rings. The van der Waals surface area contributed by atoms with Crippen LogP contribution in [0, 0.1) is 0 Å². The third-order valence-corrected chi connectivity index (χ3v) is 4.78. The number of nitrogens with one attached hydrogen (secondary N) is 1. The molecule has 0 saturated heterocycles. The predicted molar refractivity (Wildman–Crippen MR) is 90.0 cm³/mol. The zero-order valence-corrected chi connectivity index (χ0v) is 12.9. The first-order chi connectivity index (χ1) is 10.3. The Kier molecular flexibility index (Phi) is 4.52. The van der Waals surface area contributed by atoms with Crippen LogP contribution >= 0.6 is 23.1 Å². The molecular weight excluding hydrogens is 300 g/mol. The van der Waals surface area contributed by atoms with Gasteiger partial charge in [-0.2, -0.15) is 0 Å². The van der Waals surface area contributed by atoms with Crippen LogP contribution in [0.15, 0.2) is 58.9 Å². The van der Waals surface area contributed by atoms with Crippen LogP contribution in [0.4, 0.5) is 5.69 Å². The zero-order valence-electron chi connectivity index (χ0n) is 11.3. The number of nitrogens with zero attached hydrogens (tertiary/aromatic N) is 1. The van der Waals surface area contributed by atoms with Crippen LogP contribution in [0.3, 0.4) is 0 Å². The number of aromatic nitrogens is 1. The van der Waals surface area contributed by atoms with Crippen LogP contribution in [0.1, 0.15) is 6.42 Å². The maximum atomic E-state index is 11.9. The maximum Gasteiger partial charge on any atom is 0.225 e. The van der Waals surface area contributed by atoms with Gasteiger partial charge in [-0.3, -0.25) is 4.79 Å². The van der Waals surface area contributed by atoms with Gasteiger partial charge in [-0.1, -0.05) is 18.2 Å². The van der Waals surface area contributed by atoms with Gasteiger partial charge in [-0.15, -0.1) is 23.1 Å². The molecule has 1 aromatic heterocycles. The van der Waals surface area contributed by atoms with E-state index in [2.05, 4.69) is 22.4 Å². The second-order valence-corrected chi connectivity index (χ2v) is 6.55. The fourth-order valence-electron chi connectivity index (χ4n) is 1.94. The predicted octanol–water partition coefficient (Wildman–Crippen LogP) is 4.42. The van der Waals surface area contributed by atoms with E-state index in [0.717, 1.165) is 21.7 Å². The number of rotatable bonds is 5. The Bertz CT molecular complexity index is 740. The van der Waals surface area contributed by atoms with Gasteiger partial charge < -0.3 is 5.32 Å². The van der Waals surface area contributed by atoms with Crippen molar-refractivity contribution in [3.05, 3.63) is 54.0 Å². The van der Waals surface area contributed by atoms with Crippen LogP contribution in [0.2, 0.25) is 0 Å². The lowest BCUT2D eigenvalue weighted by Gasteiger charge is -2.05. The van der Waals surface area contributed by atoms with E-state index in [1.165, 1.54) is 4.90 Å². The van der Waals surface area contributed by atoms with E-state index in [0.29, 0.717) is 6.42 Å². The van der Waals surface area contributed by atoms with Crippen molar-refractivity contribution in [3.8, 4) is 0 Å². The minimum absolute atomic E-state index is 0.0352. The summed E-state index contributed by atoms with van der Waals surface area (Å²) in [5, 5.41) is 2.92. The summed E-state index contributed by atoms with van der Waals surface area (Å²) in [4.78, 5) is 17.4. The number of carbonyl (C=O) groups is 1. The molecule has 106 valence electrons. The van der Waals surface area contributed by atoms with Crippen molar-refractivity contribution in [1.29, 1.82) is 0 Å². The summed E-state index contributed by atoms with van der Waals surface area (Å²) in [5.74, 6) is 0.808. The Morgan fingerprint density at radius 2 is 2.05 bits per heavy atom. The monoisotopic (exact) mass is 314 g/mol. The number of hydrogen-bond acceptors (Lipinski definition) is 4. The van der Waals surface area contributed by atoms with Gasteiger partial charge in [0.25, 0.3) is 0 Å². The van der Waals surface area contributed by atoms with Crippen molar-refractivity contribution < 1.29 is 4.79 Å². The van der Waals surface area contributed by atoms with Gasteiger partial charge in [-0.05, 0) is 30.3 Å². The number of thiazole rings is 1. The van der Waals surface area contributed by atoms with Crippen molar-refractivity contribution in [3.63, 3.8) is 0 Å². The fraction of sp³-hybridized carbons (Fsp3) is 0.125. The molecule has 0 unspecified atom stereocenters. The molecule has 0 aliphatic carbocycles. The van der Waals surface area contributed by atoms with Crippen molar-refractivity contribution in [2.75, 3.05) is 11.1 Å². The highest BCUT2D eigenvalue weighted by Gasteiger charge is 2.04. The highest BCUT2D eigenvalue weighted by atomic mass is 32.2. The quantitative estimate of drug-likeness (QED) is 0.709. The number of anilines is 1. The van der Waals surface area contributed by atoms with Gasteiger partial charge in [0.1, 0.15) is 0 Å². The first kappa shape index (κ1) is 14.1. The number of carbonyl (C=O) groups excluding carboxylic acids is 1. The highest BCUT2D eigenvalue weighted by Crippen LogP contribution is 2.22. The molecule has 1 amide bonds. The topological polar surface area (TPSA) is 42.0 Å². The smallest absolute Gasteiger partial charge is 0.225 e. The highest BCUT2D eigenvalue weighted by molar-refractivity contribution is 7.99. The van der Waals surface area contributed by atoms with Crippen molar-refractivity contribution >= 4 is 44.9 Å². The molecule has 3 nitrogen and oxygen atoms in total. The van der Waals surface area contributed by atoms with Crippen LogP contribution in [-0.2, 0) is 4.79 Å². The molecule has 0 aliphatic heterocycles. The van der Waals surface area contributed by atoms with Gasteiger partial charge in [-0.25, -0.2) is 4.98 Å². The average molecular weight is 314 g/mol. The van der Waals surface area contributed by atoms with E-state index in [1.807, 2.05) is 41.9 Å². The summed E-state index contributed by atoms with van der Waals surface area (Å²) in [5.41, 5.74) is 3.55. The van der Waals surface area contributed by atoms with Crippen molar-refractivity contribution in [2.24, 2.45) is 0 Å². The molecule has 1 N–H and O–H groups in total. The summed E-state index contributed by atoms with van der Waals surface area (Å²) in [6, 6.07) is 15.9. The van der Waals surface area contributed by atoms with E-state index < -0.39 is 0 Å². The lowest BCUT2D eigenvalue weighted by Crippen LogP contribution is -2.12. The maximum absolute atomic E-state index is 11.9. The number of fused-ring (bicyclic) bond motifs is 1. The number of amides is 1. The van der Waals surface area contributed by atoms with Gasteiger partial charge >= 0.3 is 0 Å². The van der Waals surface area contributed by atoms with Crippen molar-refractivity contribution in [1.82, 2.24) is 4.98 Å². The summed E-state index contributed by atoms with van der Waals surface area (Å²) in [6.45, 7) is 0. The minimum atomic E-state index is 0.0352. The number of hydrogen-bond donors (Lipinski definition) is 1. The van der Waals surface area contributed by atoms with Gasteiger partial charge in [0, 0.05) is 22.8 Å². The largest absolute Gasteiger partial charge is 0.326 e. The van der Waals surface area contributed by atoms with E-state index >= 15 is 0 Å². The van der Waals surface area contributed by atoms with Crippen LogP contribution in [0.5, 0.6) is 0 Å². The Balaban J connectivity index is 1.51. The summed E-state index contributed by atoms with van der Waals surface area (Å²) in [6.07, 6.45) is 0.495. The van der Waals surface area contributed by atoms with E-state index in [-0.39, 0.29) is 5.91 Å². The molecular formula is C16H14N2OS2. The lowest BCUT2D eigenvalue weighted by atomic mass is 10.3. The Labute approximate surface area is 131 Å². The van der Waals surface area contributed by atoms with E-state index in [1.54, 1.807) is 23.1 Å². The molecule has 3 rings (SSSR count). The molecule has 1 heterocycles. The SMILES string of the molecule is O=C(CCSc1ccccc1)Nc1ccc2scnc2c1. The van der Waals surface area contributed by atoms with Crippen LogP contribution in [0.25, 0.3) is 10.2 Å². The van der Waals surface area contributed by atoms with Gasteiger partial charge in [0.05, 0.1) is 15.7 Å². The molecule has 0 atom stereocenters. The normalized spacial score (nSPS) is 10.7. The molecule has 0 spiro atoms. The summed E-state index contributed by atoms with van der Waals surface area (Å²) in [7, 11) is 0. The first-order valence-corrected chi connectivity index (χ1v) is 8.49. The van der Waals surface area contributed by atoms with Crippen LogP contribution < -0.4 is 5.32 Å². The van der Waals surface area contributed by atoms with E-state index in [9.17, 15) is 4.79 Å². The zero-order chi connectivity index (χ0) is 14.5. The second kappa shape index (κ2) is 6.74. The molecule has 0 saturated carbocycles. The van der Waals surface area contributed by atoms with E-state index in [4.69, 9.17) is 0 Å². The van der Waals surface area contributed by atoms with Gasteiger partial charge in [0.2, 0.25) is 5.91 Å². The molecule has 3 aromatic rings. The van der Waals surface area contributed by atoms with Crippen molar-refractivity contribution in [2.45, 2.75) is 11.3 Å². The second-order valence-electron chi connectivity index (χ2n) is 4.49. The van der Waals surface area contributed by atoms with Crippen LogP contribution in [-0.4, -0.2) is 16.6 Å². The fourth-order valence-corrected chi connectivity index (χ4v) is 3.47. The third-order valence-electron chi connectivity index (χ3n) is 2.96. The number of benzene rings is 2. The molecule has 0 fully saturated rings. The molecule has 0 bridgehead atoms. The average Bonchev–Trinajstić information content (AvgIpc) is 2.96. The molecule has 21 heavy (non-hydrogen) atoms. The Morgan fingerprint density at radius 3 is 2.90 bits per heavy atom. The summed E-state index contributed by atoms with van der Waals surface area (Å²) < 4.78 is 1.13. The Hall–Kier alpha value is -1.85. The minimum Gasteiger partial charge on any atom is -0.326 e. The van der Waals surface area contributed by atoms with Gasteiger partial charge in [0.15, 0.2) is 0 Å². The molecule has 2 aromatic carbocycles. The third kappa shape index (κ3) is 3.83. The summed E-state index contributed by atoms with van der Waals surface area (Å²) >= 11 is 3.29. The molecule has 5 heteroatoms. The standard InChI is InChI=1S/C16H14N2OS2/c19-16(8-9-20-13-4-2-1-3-5-13)18-12-6-7-15-14(10-12)17-11-21-15/h1-7,10-11H,8-9H2,(H,18,19). The lowest BCUT2D eigenvalue weighted by molar-refractivity contribution is -0.115. The number of thioether (sulfide) groups is 1. The first-order valence-electron chi connectivity index (χ1n) is 6.62. The Morgan fingerprint density at radius 1 is 1.19 bits per heavy atom.